The molecule has 192 valence electrons. The Labute approximate surface area is 212 Å². The molecule has 0 unspecified atom stereocenters. The van der Waals surface area contributed by atoms with Crippen molar-refractivity contribution in [1.29, 1.82) is 0 Å². The third kappa shape index (κ3) is 5.65. The second-order valence-electron chi connectivity index (χ2n) is 7.68. The first kappa shape index (κ1) is 26.3. The van der Waals surface area contributed by atoms with Crippen molar-refractivity contribution in [3.05, 3.63) is 91.0 Å². The lowest BCUT2D eigenvalue weighted by molar-refractivity contribution is 0.442. The molecule has 3 N–H and O–H groups in total. The first-order chi connectivity index (χ1) is 17.3. The molecule has 0 radical (unpaired) electrons. The summed E-state index contributed by atoms with van der Waals surface area (Å²) in [4.78, 5) is -1.37. The largest absolute Gasteiger partial charge is 0.506 e. The van der Waals surface area contributed by atoms with E-state index in [0.717, 1.165) is 18.2 Å². The van der Waals surface area contributed by atoms with Crippen LogP contribution >= 0.6 is 0 Å². The van der Waals surface area contributed by atoms with E-state index in [9.17, 15) is 39.5 Å². The molecule has 0 spiro atoms. The third-order valence-corrected chi connectivity index (χ3v) is 8.75. The van der Waals surface area contributed by atoms with Gasteiger partial charge in [-0.1, -0.05) is 30.3 Å². The molecule has 0 amide bonds. The first-order valence-corrected chi connectivity index (χ1v) is 14.6. The topological polar surface area (TPSA) is 172 Å². The fraction of sp³-hybridized carbons (Fsp3) is 0. The van der Waals surface area contributed by atoms with E-state index in [1.165, 1.54) is 54.6 Å². The van der Waals surface area contributed by atoms with Crippen molar-refractivity contribution >= 4 is 30.1 Å². The quantitative estimate of drug-likeness (QED) is 0.277. The second kappa shape index (κ2) is 9.61. The number of ether oxygens (including phenoxy) is 1. The van der Waals surface area contributed by atoms with Crippen molar-refractivity contribution in [1.82, 2.24) is 0 Å². The summed E-state index contributed by atoms with van der Waals surface area (Å²) < 4.78 is 97.2. The van der Waals surface area contributed by atoms with E-state index in [2.05, 4.69) is 0 Å². The molecule has 0 atom stereocenters. The molecule has 4 aromatic rings. The van der Waals surface area contributed by atoms with Crippen LogP contribution in [0.25, 0.3) is 11.1 Å². The number of hydrogen-bond donors (Lipinski definition) is 3. The predicted molar refractivity (Wildman–Crippen MR) is 132 cm³/mol. The summed E-state index contributed by atoms with van der Waals surface area (Å²) in [5, 5.41) is 9.71. The Morgan fingerprint density at radius 3 is 1.65 bits per heavy atom. The zero-order chi connectivity index (χ0) is 27.0. The Hall–Kier alpha value is -3.75. The summed E-state index contributed by atoms with van der Waals surface area (Å²) in [5.74, 6) is -0.930. The van der Waals surface area contributed by atoms with Crippen LogP contribution in [0.4, 0.5) is 0 Å². The van der Waals surface area contributed by atoms with Crippen molar-refractivity contribution in [2.24, 2.45) is 0 Å². The fourth-order valence-corrected chi connectivity index (χ4v) is 5.95. The number of sulfone groups is 1. The molecular formula is C24H18O10S3. The highest BCUT2D eigenvalue weighted by atomic mass is 32.2. The maximum atomic E-state index is 12.7. The summed E-state index contributed by atoms with van der Waals surface area (Å²) in [7, 11) is -13.4. The van der Waals surface area contributed by atoms with Crippen LogP contribution in [0.3, 0.4) is 0 Å². The zero-order valence-electron chi connectivity index (χ0n) is 18.6. The minimum absolute atomic E-state index is 0.0154. The van der Waals surface area contributed by atoms with E-state index in [4.69, 9.17) is 4.74 Å². The molecule has 0 aromatic heterocycles. The highest BCUT2D eigenvalue weighted by Gasteiger charge is 2.22. The number of rotatable bonds is 7. The Bertz CT molecular complexity index is 1800. The van der Waals surface area contributed by atoms with Crippen LogP contribution in [-0.2, 0) is 30.1 Å². The van der Waals surface area contributed by atoms with Crippen molar-refractivity contribution in [2.75, 3.05) is 0 Å². The van der Waals surface area contributed by atoms with Gasteiger partial charge in [0.05, 0.1) is 9.79 Å². The van der Waals surface area contributed by atoms with Crippen LogP contribution in [0.2, 0.25) is 0 Å². The van der Waals surface area contributed by atoms with E-state index < -0.39 is 45.6 Å². The number of aromatic hydroxyl groups is 1. The van der Waals surface area contributed by atoms with E-state index in [1.54, 1.807) is 18.2 Å². The molecule has 0 aliphatic heterocycles. The Balaban J connectivity index is 1.69. The van der Waals surface area contributed by atoms with Crippen molar-refractivity contribution in [3.63, 3.8) is 0 Å². The molecule has 0 fully saturated rings. The molecule has 0 heterocycles. The Kier molecular flexibility index (Phi) is 6.83. The van der Waals surface area contributed by atoms with Gasteiger partial charge >= 0.3 is 0 Å². The summed E-state index contributed by atoms with van der Waals surface area (Å²) in [6.45, 7) is 0. The first-order valence-electron chi connectivity index (χ1n) is 10.3. The van der Waals surface area contributed by atoms with Gasteiger partial charge in [0, 0.05) is 0 Å². The van der Waals surface area contributed by atoms with Gasteiger partial charge < -0.3 is 9.84 Å². The minimum Gasteiger partial charge on any atom is -0.506 e. The fourth-order valence-electron chi connectivity index (χ4n) is 3.42. The standard InChI is InChI=1S/C24H18O10S3/c25-21-12-6-16(14-23(21)36(28,29)30)17-7-13-22(24(15-17)37(31,32)33)34-18-8-10-20(11-9-18)35(26,27)19-4-2-1-3-5-19/h1-15,25H,(H,28,29,30)(H,31,32,33). The maximum Gasteiger partial charge on any atom is 0.298 e. The van der Waals surface area contributed by atoms with Gasteiger partial charge in [-0.3, -0.25) is 9.11 Å². The summed E-state index contributed by atoms with van der Waals surface area (Å²) in [6, 6.07) is 19.7. The van der Waals surface area contributed by atoms with Crippen LogP contribution in [0, 0.1) is 0 Å². The zero-order valence-corrected chi connectivity index (χ0v) is 21.0. The number of benzene rings is 4. The number of hydrogen-bond acceptors (Lipinski definition) is 8. The van der Waals surface area contributed by atoms with Crippen molar-refractivity contribution in [3.8, 4) is 28.4 Å². The van der Waals surface area contributed by atoms with Crippen LogP contribution in [-0.4, -0.2) is 39.5 Å². The average Bonchev–Trinajstić information content (AvgIpc) is 2.84. The van der Waals surface area contributed by atoms with Gasteiger partial charge in [-0.15, -0.1) is 0 Å². The lowest BCUT2D eigenvalue weighted by Gasteiger charge is -2.13. The highest BCUT2D eigenvalue weighted by molar-refractivity contribution is 7.91. The van der Waals surface area contributed by atoms with E-state index in [-0.39, 0.29) is 32.4 Å². The Morgan fingerprint density at radius 2 is 1.08 bits per heavy atom. The van der Waals surface area contributed by atoms with Crippen molar-refractivity contribution in [2.45, 2.75) is 19.6 Å². The van der Waals surface area contributed by atoms with E-state index in [0.29, 0.717) is 0 Å². The molecule has 4 aromatic carbocycles. The summed E-state index contributed by atoms with van der Waals surface area (Å²) in [6.07, 6.45) is 0. The van der Waals surface area contributed by atoms with Gasteiger partial charge in [-0.2, -0.15) is 16.8 Å². The molecule has 37 heavy (non-hydrogen) atoms. The molecule has 10 nitrogen and oxygen atoms in total. The SMILES string of the molecule is O=S(=O)(O)c1cc(-c2ccc(Oc3ccc(S(=O)(=O)c4ccccc4)cc3)c(S(=O)(=O)O)c2)ccc1O. The second-order valence-corrected chi connectivity index (χ2v) is 12.4. The molecular weight excluding hydrogens is 544 g/mol. The molecule has 0 saturated heterocycles. The molecule has 0 aliphatic rings. The van der Waals surface area contributed by atoms with Gasteiger partial charge in [-0.05, 0) is 71.8 Å². The van der Waals surface area contributed by atoms with E-state index in [1.807, 2.05) is 0 Å². The Morgan fingerprint density at radius 1 is 0.568 bits per heavy atom. The smallest absolute Gasteiger partial charge is 0.298 e. The van der Waals surface area contributed by atoms with Crippen molar-refractivity contribution < 1.29 is 44.2 Å². The maximum absolute atomic E-state index is 12.7. The van der Waals surface area contributed by atoms with Gasteiger partial charge in [0.25, 0.3) is 20.2 Å². The number of phenols is 1. The van der Waals surface area contributed by atoms with Gasteiger partial charge in [0.1, 0.15) is 27.0 Å². The average molecular weight is 563 g/mol. The molecule has 4 rings (SSSR count). The summed E-state index contributed by atoms with van der Waals surface area (Å²) >= 11 is 0. The third-order valence-electron chi connectivity index (χ3n) is 5.21. The number of phenolic OH excluding ortho intramolecular Hbond substituents is 1. The predicted octanol–water partition coefficient (Wildman–Crippen LogP) is 4.18. The molecule has 0 saturated carbocycles. The monoisotopic (exact) mass is 562 g/mol. The normalized spacial score (nSPS) is 12.3. The lowest BCUT2D eigenvalue weighted by atomic mass is 10.1. The minimum atomic E-state index is -4.84. The molecule has 13 heteroatoms. The van der Waals surface area contributed by atoms with E-state index >= 15 is 0 Å². The van der Waals surface area contributed by atoms with Crippen LogP contribution in [0.1, 0.15) is 0 Å². The van der Waals surface area contributed by atoms with Crippen LogP contribution in [0.15, 0.2) is 111 Å². The van der Waals surface area contributed by atoms with Crippen LogP contribution < -0.4 is 4.74 Å². The van der Waals surface area contributed by atoms with Gasteiger partial charge in [0.15, 0.2) is 0 Å². The molecule has 0 aliphatic carbocycles. The van der Waals surface area contributed by atoms with Crippen LogP contribution in [0.5, 0.6) is 17.2 Å². The van der Waals surface area contributed by atoms with Gasteiger partial charge in [-0.25, -0.2) is 8.42 Å². The molecule has 0 bridgehead atoms. The highest BCUT2D eigenvalue weighted by Crippen LogP contribution is 2.35. The van der Waals surface area contributed by atoms with Gasteiger partial charge in [0.2, 0.25) is 9.84 Å². The lowest BCUT2D eigenvalue weighted by Crippen LogP contribution is -2.03. The summed E-state index contributed by atoms with van der Waals surface area (Å²) in [5.41, 5.74) is 0.228.